The number of fused-ring (bicyclic) bond motifs is 4. The molecule has 107 valence electrons. The van der Waals surface area contributed by atoms with Gasteiger partial charge in [-0.05, 0) is 0 Å². The van der Waals surface area contributed by atoms with Crippen molar-refractivity contribution in [3.05, 3.63) is 101 Å². The molecule has 0 heterocycles. The third-order valence-corrected chi connectivity index (χ3v) is 6.60. The van der Waals surface area contributed by atoms with Gasteiger partial charge >= 0.3 is 152 Å². The van der Waals surface area contributed by atoms with E-state index in [4.69, 9.17) is 0 Å². The summed E-state index contributed by atoms with van der Waals surface area (Å²) in [5, 5.41) is 0. The number of hydrogen-bond acceptors (Lipinski definition) is 0. The fourth-order valence-corrected chi connectivity index (χ4v) is 5.49. The summed E-state index contributed by atoms with van der Waals surface area (Å²) in [6.45, 7) is 0. The van der Waals surface area contributed by atoms with Crippen LogP contribution in [0.2, 0.25) is 0 Å². The van der Waals surface area contributed by atoms with E-state index >= 15 is 0 Å². The Kier molecular flexibility index (Phi) is 3.06. The zero-order chi connectivity index (χ0) is 15.4. The summed E-state index contributed by atoms with van der Waals surface area (Å²) in [6.07, 6.45) is 4.64. The van der Waals surface area contributed by atoms with Gasteiger partial charge < -0.3 is 0 Å². The molecule has 2 aliphatic rings. The molecule has 2 atom stereocenters. The minimum atomic E-state index is 0.401. The Morgan fingerprint density at radius 3 is 2.26 bits per heavy atom. The summed E-state index contributed by atoms with van der Waals surface area (Å²) in [4.78, 5) is 0. The summed E-state index contributed by atoms with van der Waals surface area (Å²) in [6, 6.07) is 24.6. The van der Waals surface area contributed by atoms with Crippen LogP contribution in [0.4, 0.5) is 0 Å². The normalized spacial score (nSPS) is 20.1. The van der Waals surface area contributed by atoms with Crippen molar-refractivity contribution in [1.82, 2.24) is 0 Å². The molecule has 1 heteroatoms. The van der Waals surface area contributed by atoms with Crippen LogP contribution in [-0.4, -0.2) is 0 Å². The van der Waals surface area contributed by atoms with Gasteiger partial charge in [0, 0.05) is 0 Å². The maximum atomic E-state index is 2.37. The molecule has 0 spiro atoms. The zero-order valence-corrected chi connectivity index (χ0v) is 15.1. The van der Waals surface area contributed by atoms with E-state index in [1.807, 2.05) is 0 Å². The van der Waals surface area contributed by atoms with Crippen LogP contribution in [0, 0.1) is 0 Å². The Hall–Kier alpha value is -1.72. The molecular weight excluding hydrogens is 355 g/mol. The first kappa shape index (κ1) is 13.7. The second-order valence-electron chi connectivity index (χ2n) is 6.29. The summed E-state index contributed by atoms with van der Waals surface area (Å²) in [5.41, 5.74) is 10.2. The molecule has 0 saturated carbocycles. The van der Waals surface area contributed by atoms with Crippen LogP contribution in [0.25, 0.3) is 17.2 Å². The molecule has 0 fully saturated rings. The molecule has 0 N–H and O–H groups in total. The van der Waals surface area contributed by atoms with Crippen LogP contribution in [0.15, 0.2) is 72.8 Å². The third kappa shape index (κ3) is 1.93. The van der Waals surface area contributed by atoms with Crippen LogP contribution in [0.3, 0.4) is 0 Å². The Bertz CT molecular complexity index is 952. The van der Waals surface area contributed by atoms with E-state index in [1.165, 1.54) is 33.4 Å². The standard InChI is InChI=1S/C22H15.Zr/c1-3-8-17-15(6-1)12-13-21(17)20-11-5-10-19-18-9-4-2-7-16(18)14-22(19)20;/h1-14,21H;. The first-order valence-corrected chi connectivity index (χ1v) is 9.47. The molecule has 23 heavy (non-hydrogen) atoms. The van der Waals surface area contributed by atoms with Crippen molar-refractivity contribution in [1.29, 1.82) is 0 Å². The van der Waals surface area contributed by atoms with Gasteiger partial charge in [0.25, 0.3) is 0 Å². The Labute approximate surface area is 151 Å². The van der Waals surface area contributed by atoms with E-state index in [-0.39, 0.29) is 0 Å². The molecule has 2 aliphatic carbocycles. The first-order chi connectivity index (χ1) is 11.3. The van der Waals surface area contributed by atoms with E-state index in [9.17, 15) is 0 Å². The molecule has 0 aliphatic heterocycles. The van der Waals surface area contributed by atoms with Gasteiger partial charge in [-0.15, -0.1) is 0 Å². The van der Waals surface area contributed by atoms with Crippen LogP contribution >= 0.6 is 0 Å². The van der Waals surface area contributed by atoms with Gasteiger partial charge in [-0.2, -0.15) is 0 Å². The first-order valence-electron chi connectivity index (χ1n) is 8.05. The van der Waals surface area contributed by atoms with Crippen molar-refractivity contribution >= 4 is 6.08 Å². The SMILES string of the molecule is [Zr][CH]1c2ccccc2-c2cccc(C3C=Cc4ccccc43)c21. The van der Waals surface area contributed by atoms with Crippen LogP contribution < -0.4 is 0 Å². The molecule has 0 nitrogen and oxygen atoms in total. The molecular formula is C22H15Zr. The molecule has 5 rings (SSSR count). The van der Waals surface area contributed by atoms with Gasteiger partial charge in [0.2, 0.25) is 0 Å². The number of hydrogen-bond donors (Lipinski definition) is 0. The van der Waals surface area contributed by atoms with Crippen LogP contribution in [0.1, 0.15) is 37.4 Å². The van der Waals surface area contributed by atoms with Gasteiger partial charge in [-0.3, -0.25) is 0 Å². The molecule has 0 amide bonds. The summed E-state index contributed by atoms with van der Waals surface area (Å²) < 4.78 is 0.561. The van der Waals surface area contributed by atoms with E-state index in [1.54, 1.807) is 30.3 Å². The molecule has 0 aromatic heterocycles. The van der Waals surface area contributed by atoms with Crippen molar-refractivity contribution in [2.24, 2.45) is 0 Å². The molecule has 3 aromatic rings. The quantitative estimate of drug-likeness (QED) is 0.533. The number of benzene rings is 3. The topological polar surface area (TPSA) is 0 Å². The average Bonchev–Trinajstić information content (AvgIpc) is 3.16. The summed E-state index contributed by atoms with van der Waals surface area (Å²) in [5.74, 6) is 0.401. The van der Waals surface area contributed by atoms with Gasteiger partial charge in [-0.1, -0.05) is 0 Å². The third-order valence-electron chi connectivity index (χ3n) is 5.12. The predicted molar refractivity (Wildman–Crippen MR) is 91.0 cm³/mol. The fourth-order valence-electron chi connectivity index (χ4n) is 4.08. The van der Waals surface area contributed by atoms with Gasteiger partial charge in [0.15, 0.2) is 0 Å². The zero-order valence-electron chi connectivity index (χ0n) is 12.7. The molecule has 2 unspecified atom stereocenters. The summed E-state index contributed by atoms with van der Waals surface area (Å²) >= 11 is 1.58. The van der Waals surface area contributed by atoms with Gasteiger partial charge in [0.05, 0.1) is 0 Å². The van der Waals surface area contributed by atoms with Crippen LogP contribution in [-0.2, 0) is 24.7 Å². The molecule has 0 radical (unpaired) electrons. The van der Waals surface area contributed by atoms with Crippen molar-refractivity contribution in [3.8, 4) is 11.1 Å². The number of rotatable bonds is 1. The van der Waals surface area contributed by atoms with Crippen molar-refractivity contribution in [2.45, 2.75) is 9.54 Å². The second kappa shape index (κ2) is 5.15. The van der Waals surface area contributed by atoms with E-state index in [2.05, 4.69) is 78.9 Å². The second-order valence-corrected chi connectivity index (χ2v) is 7.71. The Morgan fingerprint density at radius 1 is 0.652 bits per heavy atom. The fraction of sp³-hybridized carbons (Fsp3) is 0.0909. The van der Waals surface area contributed by atoms with E-state index < -0.39 is 0 Å². The summed E-state index contributed by atoms with van der Waals surface area (Å²) in [7, 11) is 0. The Balaban J connectivity index is 1.73. The van der Waals surface area contributed by atoms with Gasteiger partial charge in [0.1, 0.15) is 0 Å². The van der Waals surface area contributed by atoms with E-state index in [0.717, 1.165) is 0 Å². The molecule has 0 bridgehead atoms. The predicted octanol–water partition coefficient (Wildman–Crippen LogP) is 5.46. The van der Waals surface area contributed by atoms with Gasteiger partial charge in [-0.25, -0.2) is 0 Å². The van der Waals surface area contributed by atoms with Crippen LogP contribution in [0.5, 0.6) is 0 Å². The van der Waals surface area contributed by atoms with Crippen molar-refractivity contribution in [3.63, 3.8) is 0 Å². The monoisotopic (exact) mass is 369 g/mol. The number of allylic oxidation sites excluding steroid dienone is 1. The minimum absolute atomic E-state index is 0.401. The average molecular weight is 371 g/mol. The molecule has 3 aromatic carbocycles. The van der Waals surface area contributed by atoms with Crippen molar-refractivity contribution < 1.29 is 24.7 Å². The van der Waals surface area contributed by atoms with Crippen molar-refractivity contribution in [2.75, 3.05) is 0 Å². The maximum absolute atomic E-state index is 2.37. The Morgan fingerprint density at radius 2 is 1.35 bits per heavy atom. The van der Waals surface area contributed by atoms with E-state index in [0.29, 0.717) is 9.54 Å². The molecule has 0 saturated heterocycles.